The number of pyridine rings is 1. The van der Waals surface area contributed by atoms with Crippen molar-refractivity contribution in [2.45, 2.75) is 12.8 Å². The predicted octanol–water partition coefficient (Wildman–Crippen LogP) is 8.67. The zero-order valence-electron chi connectivity index (χ0n) is 23.9. The lowest BCUT2D eigenvalue weighted by atomic mass is 10.0. The Morgan fingerprint density at radius 1 is 0.844 bits per heavy atom. The monoisotopic (exact) mass is 615 g/mol. The Morgan fingerprint density at radius 2 is 1.49 bits per heavy atom. The first-order valence-electron chi connectivity index (χ1n) is 14.2. The summed E-state index contributed by atoms with van der Waals surface area (Å²) < 4.78 is 11.9. The first-order valence-corrected chi connectivity index (χ1v) is 14.6. The predicted molar refractivity (Wildman–Crippen MR) is 170 cm³/mol. The minimum Gasteiger partial charge on any atom is -0.478 e. The molecule has 5 aromatic rings. The molecule has 1 heterocycles. The van der Waals surface area contributed by atoms with E-state index in [9.17, 15) is 20.0 Å². The van der Waals surface area contributed by atoms with E-state index in [2.05, 4.69) is 16.0 Å². The first-order chi connectivity index (χ1) is 21.9. The highest BCUT2D eigenvalue weighted by molar-refractivity contribution is 6.30. The molecule has 1 N–H and O–H groups in total. The van der Waals surface area contributed by atoms with Gasteiger partial charge in [0, 0.05) is 22.8 Å². The average molecular weight is 616 g/mol. The number of benzene rings is 4. The Balaban J connectivity index is 1.24. The van der Waals surface area contributed by atoms with E-state index in [0.717, 1.165) is 17.9 Å². The summed E-state index contributed by atoms with van der Waals surface area (Å²) in [6.45, 7) is 0.832. The Hall–Kier alpha value is -5.65. The van der Waals surface area contributed by atoms with Crippen LogP contribution in [0.4, 0.5) is 11.4 Å². The lowest BCUT2D eigenvalue weighted by Gasteiger charge is -2.25. The van der Waals surface area contributed by atoms with E-state index >= 15 is 0 Å². The largest absolute Gasteiger partial charge is 0.478 e. The smallest absolute Gasteiger partial charge is 0.339 e. The number of rotatable bonds is 11. The molecule has 1 aliphatic rings. The van der Waals surface area contributed by atoms with Crippen molar-refractivity contribution in [3.05, 3.63) is 137 Å². The van der Waals surface area contributed by atoms with Crippen LogP contribution in [0, 0.1) is 17.2 Å². The number of ketones is 1. The Bertz CT molecular complexity index is 1920. The van der Waals surface area contributed by atoms with Gasteiger partial charge in [0.25, 0.3) is 0 Å². The molecule has 9 heteroatoms. The van der Waals surface area contributed by atoms with Gasteiger partial charge in [-0.05, 0) is 97.6 Å². The van der Waals surface area contributed by atoms with Crippen molar-refractivity contribution in [3.63, 3.8) is 0 Å². The molecule has 4 aromatic carbocycles. The molecule has 45 heavy (non-hydrogen) atoms. The van der Waals surface area contributed by atoms with Gasteiger partial charge in [-0.25, -0.2) is 4.79 Å². The number of para-hydroxylation sites is 3. The third-order valence-corrected chi connectivity index (χ3v) is 7.59. The fourth-order valence-electron chi connectivity index (χ4n) is 4.80. The molecule has 0 radical (unpaired) electrons. The third kappa shape index (κ3) is 6.80. The summed E-state index contributed by atoms with van der Waals surface area (Å²) in [4.78, 5) is 32.3. The van der Waals surface area contributed by atoms with Crippen molar-refractivity contribution in [2.75, 3.05) is 11.4 Å². The van der Waals surface area contributed by atoms with Gasteiger partial charge in [-0.3, -0.25) is 9.78 Å². The molecule has 1 fully saturated rings. The van der Waals surface area contributed by atoms with Crippen LogP contribution in [0.25, 0.3) is 0 Å². The molecule has 0 unspecified atom stereocenters. The van der Waals surface area contributed by atoms with E-state index in [1.807, 2.05) is 30.3 Å². The Labute approximate surface area is 264 Å². The molecule has 0 amide bonds. The topological polar surface area (TPSA) is 113 Å². The van der Waals surface area contributed by atoms with Crippen molar-refractivity contribution in [1.29, 1.82) is 5.26 Å². The maximum atomic E-state index is 13.4. The van der Waals surface area contributed by atoms with Crippen LogP contribution in [0.3, 0.4) is 0 Å². The first kappa shape index (κ1) is 29.4. The van der Waals surface area contributed by atoms with Crippen LogP contribution >= 0.6 is 11.6 Å². The summed E-state index contributed by atoms with van der Waals surface area (Å²) in [5.41, 5.74) is 2.29. The number of carbonyl (C=O) groups is 2. The van der Waals surface area contributed by atoms with Gasteiger partial charge in [0.05, 0.1) is 17.4 Å². The second-order valence-corrected chi connectivity index (χ2v) is 11.0. The number of aromatic nitrogens is 1. The zero-order valence-corrected chi connectivity index (χ0v) is 24.6. The summed E-state index contributed by atoms with van der Waals surface area (Å²) in [5, 5.41) is 20.1. The van der Waals surface area contributed by atoms with Gasteiger partial charge >= 0.3 is 5.97 Å². The molecule has 222 valence electrons. The van der Waals surface area contributed by atoms with Gasteiger partial charge in [0.2, 0.25) is 5.78 Å². The van der Waals surface area contributed by atoms with Gasteiger partial charge in [-0.2, -0.15) is 5.26 Å². The second-order valence-electron chi connectivity index (χ2n) is 10.5. The van der Waals surface area contributed by atoms with Crippen molar-refractivity contribution in [2.24, 2.45) is 5.92 Å². The van der Waals surface area contributed by atoms with Gasteiger partial charge in [0.15, 0.2) is 11.5 Å². The van der Waals surface area contributed by atoms with E-state index in [1.165, 1.54) is 31.0 Å². The summed E-state index contributed by atoms with van der Waals surface area (Å²) in [7, 11) is 0. The number of carboxylic acid groups (broad SMARTS) is 1. The Kier molecular flexibility index (Phi) is 8.45. The fourth-order valence-corrected chi connectivity index (χ4v) is 4.92. The van der Waals surface area contributed by atoms with Crippen molar-refractivity contribution < 1.29 is 24.2 Å². The van der Waals surface area contributed by atoms with Crippen LogP contribution in [0.5, 0.6) is 23.0 Å². The van der Waals surface area contributed by atoms with E-state index in [1.54, 1.807) is 60.8 Å². The lowest BCUT2D eigenvalue weighted by Crippen LogP contribution is -2.20. The lowest BCUT2D eigenvalue weighted by molar-refractivity contribution is 0.0694. The van der Waals surface area contributed by atoms with Crippen LogP contribution in [0.2, 0.25) is 5.02 Å². The van der Waals surface area contributed by atoms with Crippen LogP contribution in [-0.2, 0) is 0 Å². The molecule has 0 saturated heterocycles. The molecule has 0 bridgehead atoms. The minimum atomic E-state index is -1.27. The number of hydrogen-bond donors (Lipinski definition) is 1. The zero-order chi connectivity index (χ0) is 31.3. The number of hydrogen-bond acceptors (Lipinski definition) is 7. The summed E-state index contributed by atoms with van der Waals surface area (Å²) in [6.07, 6.45) is 4.00. The highest BCUT2D eigenvalue weighted by Crippen LogP contribution is 2.38. The van der Waals surface area contributed by atoms with Gasteiger partial charge < -0.3 is 19.5 Å². The van der Waals surface area contributed by atoms with Gasteiger partial charge in [-0.15, -0.1) is 0 Å². The molecule has 1 aliphatic carbocycles. The number of anilines is 2. The molecule has 1 aromatic heterocycles. The number of carboxylic acids is 1. The van der Waals surface area contributed by atoms with E-state index in [4.69, 9.17) is 21.1 Å². The SMILES string of the molecule is N#Cc1ccccc1Oc1ccccc1Oc1ccc(C(=O)c2ccc(N(CC3CC3)c3ccc(Cl)cc3)cn2)cc1C(=O)O. The normalized spacial score (nSPS) is 12.2. The van der Waals surface area contributed by atoms with Crippen molar-refractivity contribution in [1.82, 2.24) is 4.98 Å². The molecule has 8 nitrogen and oxygen atoms in total. The molecule has 1 saturated carbocycles. The highest BCUT2D eigenvalue weighted by Gasteiger charge is 2.26. The molecule has 0 aliphatic heterocycles. The number of nitriles is 1. The second kappa shape index (κ2) is 12.9. The van der Waals surface area contributed by atoms with E-state index in [-0.39, 0.29) is 34.1 Å². The van der Waals surface area contributed by atoms with Gasteiger partial charge in [0.1, 0.15) is 28.8 Å². The number of carbonyl (C=O) groups excluding carboxylic acids is 1. The number of halogens is 1. The Morgan fingerprint density at radius 3 is 2.11 bits per heavy atom. The van der Waals surface area contributed by atoms with Crippen molar-refractivity contribution in [3.8, 4) is 29.1 Å². The standard InChI is InChI=1S/C36H26ClN3O5/c37-26-12-14-27(15-13-26)40(22-23-9-10-23)28-16-17-30(39-21-28)35(41)24-11-18-32(29(19-24)36(42)43)45-34-8-4-3-7-33(34)44-31-6-2-1-5-25(31)20-38/h1-8,11-19,21,23H,9-10,22H2,(H,42,43). The van der Waals surface area contributed by atoms with Crippen molar-refractivity contribution >= 4 is 34.7 Å². The quantitative estimate of drug-likeness (QED) is 0.147. The van der Waals surface area contributed by atoms with E-state index < -0.39 is 11.8 Å². The van der Waals surface area contributed by atoms with Crippen LogP contribution in [0.15, 0.2) is 109 Å². The van der Waals surface area contributed by atoms with Crippen LogP contribution in [-0.4, -0.2) is 28.4 Å². The number of ether oxygens (including phenoxy) is 2. The minimum absolute atomic E-state index is 0.0191. The summed E-state index contributed by atoms with van der Waals surface area (Å²) >= 11 is 6.09. The van der Waals surface area contributed by atoms with E-state index in [0.29, 0.717) is 22.3 Å². The van der Waals surface area contributed by atoms with Crippen LogP contribution < -0.4 is 14.4 Å². The number of nitrogens with zero attached hydrogens (tertiary/aromatic N) is 3. The molecule has 0 spiro atoms. The maximum Gasteiger partial charge on any atom is 0.339 e. The summed E-state index contributed by atoms with van der Waals surface area (Å²) in [6, 6.07) is 30.8. The highest BCUT2D eigenvalue weighted by atomic mass is 35.5. The number of aromatic carboxylic acids is 1. The molecular formula is C36H26ClN3O5. The molecular weight excluding hydrogens is 590 g/mol. The molecule has 0 atom stereocenters. The fraction of sp³-hybridized carbons (Fsp3) is 0.111. The van der Waals surface area contributed by atoms with Gasteiger partial charge in [-0.1, -0.05) is 35.9 Å². The average Bonchev–Trinajstić information content (AvgIpc) is 3.89. The third-order valence-electron chi connectivity index (χ3n) is 7.34. The maximum absolute atomic E-state index is 13.4. The van der Waals surface area contributed by atoms with Crippen LogP contribution in [0.1, 0.15) is 44.8 Å². The molecule has 6 rings (SSSR count). The summed E-state index contributed by atoms with van der Waals surface area (Å²) in [5.74, 6) is -0.217.